The zero-order valence-electron chi connectivity index (χ0n) is 17.9. The minimum Gasteiger partial charge on any atom is -0.388 e. The summed E-state index contributed by atoms with van der Waals surface area (Å²) in [5, 5.41) is 10.2. The van der Waals surface area contributed by atoms with E-state index in [4.69, 9.17) is 0 Å². The fraction of sp³-hybridized carbons (Fsp3) is 0.455. The van der Waals surface area contributed by atoms with Crippen LogP contribution in [0.5, 0.6) is 0 Å². The van der Waals surface area contributed by atoms with Crippen LogP contribution in [0.4, 0.5) is 5.69 Å². The summed E-state index contributed by atoms with van der Waals surface area (Å²) in [5.41, 5.74) is 3.11. The Labute approximate surface area is 185 Å². The number of nitrogens with one attached hydrogen (secondary N) is 1. The molecule has 170 valence electrons. The molecule has 9 heteroatoms. The van der Waals surface area contributed by atoms with E-state index in [2.05, 4.69) is 4.72 Å². The maximum atomic E-state index is 12.8. The molecule has 0 saturated carbocycles. The van der Waals surface area contributed by atoms with Crippen molar-refractivity contribution >= 4 is 25.7 Å². The number of nitrogens with zero attached hydrogens (tertiary/aromatic N) is 1. The fourth-order valence-electron chi connectivity index (χ4n) is 3.86. The van der Waals surface area contributed by atoms with Gasteiger partial charge in [-0.15, -0.1) is 0 Å². The zero-order chi connectivity index (χ0) is 22.6. The molecule has 7 nitrogen and oxygen atoms in total. The summed E-state index contributed by atoms with van der Waals surface area (Å²) in [7, 11) is -5.32. The number of sulfonamides is 2. The number of rotatable bonds is 9. The summed E-state index contributed by atoms with van der Waals surface area (Å²) in [5.74, 6) is 0.0725. The Morgan fingerprint density at radius 3 is 2.35 bits per heavy atom. The highest BCUT2D eigenvalue weighted by atomic mass is 32.2. The molecule has 2 atom stereocenters. The first kappa shape index (κ1) is 23.7. The molecule has 0 spiro atoms. The summed E-state index contributed by atoms with van der Waals surface area (Å²) in [6.07, 6.45) is 1.84. The van der Waals surface area contributed by atoms with Gasteiger partial charge in [-0.1, -0.05) is 49.7 Å². The first-order chi connectivity index (χ1) is 14.7. The number of aliphatic hydroxyl groups excluding tert-OH is 1. The Hall–Kier alpha value is -1.94. The van der Waals surface area contributed by atoms with Crippen molar-refractivity contribution in [2.75, 3.05) is 22.9 Å². The molecular weight excluding hydrogens is 436 g/mol. The van der Waals surface area contributed by atoms with E-state index in [0.717, 1.165) is 23.1 Å². The molecule has 1 aliphatic heterocycles. The third kappa shape index (κ3) is 5.65. The van der Waals surface area contributed by atoms with Crippen LogP contribution < -0.4 is 9.03 Å². The van der Waals surface area contributed by atoms with Gasteiger partial charge in [-0.05, 0) is 55.1 Å². The zero-order valence-corrected chi connectivity index (χ0v) is 19.5. The van der Waals surface area contributed by atoms with Crippen molar-refractivity contribution in [1.29, 1.82) is 0 Å². The standard InChI is InChI=1S/C22H30N2O5S2/c1-3-4-22(25)19-9-11-20(12-10-19)24-21(14-16-31(24,28)29)18-7-5-17(6-8-18)13-15-30(26,27)23-2/h5-12,21-23,25H,3-4,13-16H2,1-2H3. The predicted octanol–water partition coefficient (Wildman–Crippen LogP) is 2.89. The van der Waals surface area contributed by atoms with Crippen LogP contribution in [0.25, 0.3) is 0 Å². The summed E-state index contributed by atoms with van der Waals surface area (Å²) < 4.78 is 52.6. The first-order valence-electron chi connectivity index (χ1n) is 10.5. The van der Waals surface area contributed by atoms with Gasteiger partial charge in [0.2, 0.25) is 20.0 Å². The highest BCUT2D eigenvalue weighted by Gasteiger charge is 2.38. The summed E-state index contributed by atoms with van der Waals surface area (Å²) in [4.78, 5) is 0. The van der Waals surface area contributed by atoms with E-state index in [1.165, 1.54) is 11.4 Å². The van der Waals surface area contributed by atoms with Crippen LogP contribution in [-0.2, 0) is 26.5 Å². The van der Waals surface area contributed by atoms with Crippen LogP contribution >= 0.6 is 0 Å². The van der Waals surface area contributed by atoms with E-state index < -0.39 is 26.2 Å². The topological polar surface area (TPSA) is 104 Å². The molecule has 2 aromatic rings. The van der Waals surface area contributed by atoms with Gasteiger partial charge in [0.25, 0.3) is 0 Å². The summed E-state index contributed by atoms with van der Waals surface area (Å²) in [6, 6.07) is 14.2. The molecule has 0 radical (unpaired) electrons. The molecule has 1 heterocycles. The number of benzene rings is 2. The smallest absolute Gasteiger partial charge is 0.235 e. The van der Waals surface area contributed by atoms with Crippen molar-refractivity contribution in [2.45, 2.75) is 44.8 Å². The molecule has 1 aliphatic rings. The Morgan fingerprint density at radius 1 is 1.13 bits per heavy atom. The fourth-order valence-corrected chi connectivity index (χ4v) is 6.34. The van der Waals surface area contributed by atoms with E-state index in [1.807, 2.05) is 31.2 Å². The normalized spacial score (nSPS) is 19.5. The molecular formula is C22H30N2O5S2. The lowest BCUT2D eigenvalue weighted by Crippen LogP contribution is -2.28. The summed E-state index contributed by atoms with van der Waals surface area (Å²) >= 11 is 0. The van der Waals surface area contributed by atoms with Crippen LogP contribution in [0.15, 0.2) is 48.5 Å². The van der Waals surface area contributed by atoms with E-state index in [0.29, 0.717) is 24.9 Å². The Balaban J connectivity index is 1.81. The lowest BCUT2D eigenvalue weighted by Gasteiger charge is -2.26. The van der Waals surface area contributed by atoms with Gasteiger partial charge in [0.15, 0.2) is 0 Å². The number of hydrogen-bond donors (Lipinski definition) is 2. The second-order valence-corrected chi connectivity index (χ2v) is 11.8. The van der Waals surface area contributed by atoms with Crippen LogP contribution in [0, 0.1) is 0 Å². The van der Waals surface area contributed by atoms with Crippen molar-refractivity contribution in [3.05, 3.63) is 65.2 Å². The molecule has 2 unspecified atom stereocenters. The van der Waals surface area contributed by atoms with Gasteiger partial charge in [-0.3, -0.25) is 4.31 Å². The minimum atomic E-state index is -3.44. The summed E-state index contributed by atoms with van der Waals surface area (Å²) in [6.45, 7) is 2.00. The number of hydrogen-bond acceptors (Lipinski definition) is 5. The van der Waals surface area contributed by atoms with Crippen LogP contribution in [0.1, 0.15) is 55.0 Å². The molecule has 1 saturated heterocycles. The molecule has 31 heavy (non-hydrogen) atoms. The van der Waals surface area contributed by atoms with Crippen LogP contribution in [0.2, 0.25) is 0 Å². The van der Waals surface area contributed by atoms with Crippen molar-refractivity contribution in [2.24, 2.45) is 0 Å². The van der Waals surface area contributed by atoms with E-state index in [1.54, 1.807) is 24.3 Å². The molecule has 0 bridgehead atoms. The Bertz CT molecular complexity index is 1080. The average Bonchev–Trinajstić information content (AvgIpc) is 3.08. The van der Waals surface area contributed by atoms with Gasteiger partial charge < -0.3 is 5.11 Å². The maximum Gasteiger partial charge on any atom is 0.235 e. The Morgan fingerprint density at radius 2 is 1.77 bits per heavy atom. The van der Waals surface area contributed by atoms with Crippen molar-refractivity contribution in [3.8, 4) is 0 Å². The lowest BCUT2D eigenvalue weighted by molar-refractivity contribution is 0.166. The quantitative estimate of drug-likeness (QED) is 0.591. The second-order valence-electron chi connectivity index (χ2n) is 7.83. The molecule has 2 N–H and O–H groups in total. The van der Waals surface area contributed by atoms with E-state index >= 15 is 0 Å². The monoisotopic (exact) mass is 466 g/mol. The first-order valence-corrected chi connectivity index (χ1v) is 13.7. The van der Waals surface area contributed by atoms with Crippen LogP contribution in [0.3, 0.4) is 0 Å². The van der Waals surface area contributed by atoms with Gasteiger partial charge in [0.05, 0.1) is 29.3 Å². The number of aliphatic hydroxyl groups is 1. The largest absolute Gasteiger partial charge is 0.388 e. The molecule has 0 aromatic heterocycles. The van der Waals surface area contributed by atoms with Gasteiger partial charge >= 0.3 is 0 Å². The maximum absolute atomic E-state index is 12.8. The highest BCUT2D eigenvalue weighted by molar-refractivity contribution is 7.93. The van der Waals surface area contributed by atoms with E-state index in [9.17, 15) is 21.9 Å². The number of anilines is 1. The van der Waals surface area contributed by atoms with Crippen molar-refractivity contribution in [3.63, 3.8) is 0 Å². The van der Waals surface area contributed by atoms with Crippen molar-refractivity contribution < 1.29 is 21.9 Å². The van der Waals surface area contributed by atoms with Gasteiger partial charge in [-0.25, -0.2) is 21.6 Å². The molecule has 0 aliphatic carbocycles. The third-order valence-electron chi connectivity index (χ3n) is 5.66. The molecule has 3 rings (SSSR count). The van der Waals surface area contributed by atoms with Crippen LogP contribution in [-0.4, -0.2) is 40.5 Å². The minimum absolute atomic E-state index is 0.00299. The number of aryl methyl sites for hydroxylation is 1. The molecule has 1 fully saturated rings. The van der Waals surface area contributed by atoms with Crippen molar-refractivity contribution in [1.82, 2.24) is 4.72 Å². The average molecular weight is 467 g/mol. The van der Waals surface area contributed by atoms with E-state index in [-0.39, 0.29) is 17.5 Å². The third-order valence-corrected chi connectivity index (χ3v) is 8.84. The SMILES string of the molecule is CCCC(O)c1ccc(N2C(c3ccc(CCS(=O)(=O)NC)cc3)CCS2(=O)=O)cc1. The van der Waals surface area contributed by atoms with Gasteiger partial charge in [-0.2, -0.15) is 0 Å². The highest BCUT2D eigenvalue weighted by Crippen LogP contribution is 2.39. The molecule has 2 aromatic carbocycles. The molecule has 0 amide bonds. The predicted molar refractivity (Wildman–Crippen MR) is 123 cm³/mol. The Kier molecular flexibility index (Phi) is 7.41. The lowest BCUT2D eigenvalue weighted by atomic mass is 10.0. The van der Waals surface area contributed by atoms with Gasteiger partial charge in [0.1, 0.15) is 0 Å². The van der Waals surface area contributed by atoms with Gasteiger partial charge in [0, 0.05) is 0 Å². The second kappa shape index (κ2) is 9.68.